The molecule has 4 nitrogen and oxygen atoms in total. The maximum atomic E-state index is 12.0. The number of rotatable bonds is 6. The van der Waals surface area contributed by atoms with Gasteiger partial charge in [0.15, 0.2) is 0 Å². The molecular weight excluding hydrogens is 298 g/mol. The van der Waals surface area contributed by atoms with Crippen molar-refractivity contribution in [1.29, 1.82) is 0 Å². The van der Waals surface area contributed by atoms with E-state index in [4.69, 9.17) is 11.6 Å². The van der Waals surface area contributed by atoms with Gasteiger partial charge in [0, 0.05) is 29.5 Å². The molecule has 0 radical (unpaired) electrons. The van der Waals surface area contributed by atoms with Gasteiger partial charge in [-0.05, 0) is 49.1 Å². The zero-order chi connectivity index (χ0) is 15.4. The number of aromatic nitrogens is 1. The minimum absolute atomic E-state index is 0.0937. The number of hydrogen-bond acceptors (Lipinski definition) is 3. The van der Waals surface area contributed by atoms with Crippen molar-refractivity contribution in [3.63, 3.8) is 0 Å². The number of anilines is 1. The van der Waals surface area contributed by atoms with E-state index in [0.717, 1.165) is 36.5 Å². The SMILES string of the molecule is O=C(NC1CC1)c1cc(NCCc2ccc(Cl)cc2)ccn1. The summed E-state index contributed by atoms with van der Waals surface area (Å²) in [5.41, 5.74) is 2.59. The first kappa shape index (κ1) is 14.9. The third-order valence-corrected chi connectivity index (χ3v) is 3.81. The van der Waals surface area contributed by atoms with Crippen LogP contribution in [0.3, 0.4) is 0 Å². The van der Waals surface area contributed by atoms with Crippen molar-refractivity contribution in [3.05, 3.63) is 58.9 Å². The standard InChI is InChI=1S/C17H18ClN3O/c18-13-3-1-12(2-4-13)7-9-19-15-8-10-20-16(11-15)17(22)21-14-5-6-14/h1-4,8,10-11,14H,5-7,9H2,(H,19,20)(H,21,22). The molecule has 0 spiro atoms. The van der Waals surface area contributed by atoms with Gasteiger partial charge in [-0.15, -0.1) is 0 Å². The van der Waals surface area contributed by atoms with Crippen molar-refractivity contribution in [2.75, 3.05) is 11.9 Å². The molecule has 0 bridgehead atoms. The largest absolute Gasteiger partial charge is 0.385 e. The number of nitrogens with one attached hydrogen (secondary N) is 2. The number of carbonyl (C=O) groups is 1. The normalized spacial score (nSPS) is 13.7. The fourth-order valence-electron chi connectivity index (χ4n) is 2.15. The first-order chi connectivity index (χ1) is 10.7. The zero-order valence-corrected chi connectivity index (χ0v) is 12.9. The van der Waals surface area contributed by atoms with E-state index in [9.17, 15) is 4.79 Å². The Balaban J connectivity index is 1.53. The van der Waals surface area contributed by atoms with Crippen LogP contribution >= 0.6 is 11.6 Å². The molecule has 1 saturated carbocycles. The van der Waals surface area contributed by atoms with E-state index >= 15 is 0 Å². The Morgan fingerprint density at radius 3 is 2.73 bits per heavy atom. The second-order valence-corrected chi connectivity index (χ2v) is 5.92. The van der Waals surface area contributed by atoms with Crippen LogP contribution in [0.1, 0.15) is 28.9 Å². The summed E-state index contributed by atoms with van der Waals surface area (Å²) >= 11 is 5.87. The number of benzene rings is 1. The summed E-state index contributed by atoms with van der Waals surface area (Å²) in [6, 6.07) is 11.8. The molecule has 1 fully saturated rings. The van der Waals surface area contributed by atoms with Crippen LogP contribution in [0.15, 0.2) is 42.6 Å². The van der Waals surface area contributed by atoms with Crippen LogP contribution < -0.4 is 10.6 Å². The molecule has 0 atom stereocenters. The van der Waals surface area contributed by atoms with Crippen LogP contribution in [-0.2, 0) is 6.42 Å². The fraction of sp³-hybridized carbons (Fsp3) is 0.294. The summed E-state index contributed by atoms with van der Waals surface area (Å²) in [7, 11) is 0. The highest BCUT2D eigenvalue weighted by molar-refractivity contribution is 6.30. The molecule has 1 amide bonds. The minimum Gasteiger partial charge on any atom is -0.385 e. The van der Waals surface area contributed by atoms with Crippen molar-refractivity contribution in [2.24, 2.45) is 0 Å². The topological polar surface area (TPSA) is 54.0 Å². The predicted octanol–water partition coefficient (Wildman–Crippen LogP) is 3.28. The number of nitrogens with zero attached hydrogens (tertiary/aromatic N) is 1. The quantitative estimate of drug-likeness (QED) is 0.860. The number of hydrogen-bond donors (Lipinski definition) is 2. The third-order valence-electron chi connectivity index (χ3n) is 3.56. The molecule has 5 heteroatoms. The van der Waals surface area contributed by atoms with E-state index in [1.165, 1.54) is 5.56 Å². The number of halogens is 1. The monoisotopic (exact) mass is 315 g/mol. The second-order valence-electron chi connectivity index (χ2n) is 5.48. The van der Waals surface area contributed by atoms with Crippen LogP contribution in [-0.4, -0.2) is 23.5 Å². The van der Waals surface area contributed by atoms with Crippen LogP contribution in [0.4, 0.5) is 5.69 Å². The summed E-state index contributed by atoms with van der Waals surface area (Å²) < 4.78 is 0. The van der Waals surface area contributed by atoms with E-state index in [0.29, 0.717) is 11.7 Å². The molecule has 1 aromatic heterocycles. The van der Waals surface area contributed by atoms with Crippen LogP contribution in [0.2, 0.25) is 5.02 Å². The molecule has 0 saturated heterocycles. The van der Waals surface area contributed by atoms with Gasteiger partial charge in [-0.3, -0.25) is 9.78 Å². The Kier molecular flexibility index (Phi) is 4.59. The highest BCUT2D eigenvalue weighted by Crippen LogP contribution is 2.19. The van der Waals surface area contributed by atoms with Gasteiger partial charge in [0.25, 0.3) is 5.91 Å². The van der Waals surface area contributed by atoms with Crippen LogP contribution in [0.5, 0.6) is 0 Å². The van der Waals surface area contributed by atoms with Crippen LogP contribution in [0, 0.1) is 0 Å². The second kappa shape index (κ2) is 6.79. The molecule has 22 heavy (non-hydrogen) atoms. The Bertz CT molecular complexity index is 653. The molecule has 0 aliphatic heterocycles. The van der Waals surface area contributed by atoms with Crippen molar-refractivity contribution in [3.8, 4) is 0 Å². The zero-order valence-electron chi connectivity index (χ0n) is 12.2. The average molecular weight is 316 g/mol. The fourth-order valence-corrected chi connectivity index (χ4v) is 2.28. The summed E-state index contributed by atoms with van der Waals surface area (Å²) in [6.45, 7) is 0.787. The molecular formula is C17H18ClN3O. The first-order valence-corrected chi connectivity index (χ1v) is 7.84. The summed E-state index contributed by atoms with van der Waals surface area (Å²) in [6.07, 6.45) is 4.70. The van der Waals surface area contributed by atoms with Gasteiger partial charge in [-0.2, -0.15) is 0 Å². The molecule has 1 aliphatic rings. The number of pyridine rings is 1. The first-order valence-electron chi connectivity index (χ1n) is 7.46. The molecule has 3 rings (SSSR count). The van der Waals surface area contributed by atoms with Crippen molar-refractivity contribution >= 4 is 23.2 Å². The summed E-state index contributed by atoms with van der Waals surface area (Å²) in [4.78, 5) is 16.1. The van der Waals surface area contributed by atoms with E-state index in [2.05, 4.69) is 15.6 Å². The maximum absolute atomic E-state index is 12.0. The van der Waals surface area contributed by atoms with Crippen molar-refractivity contribution in [1.82, 2.24) is 10.3 Å². The van der Waals surface area contributed by atoms with Gasteiger partial charge in [0.2, 0.25) is 0 Å². The van der Waals surface area contributed by atoms with E-state index in [1.54, 1.807) is 12.3 Å². The van der Waals surface area contributed by atoms with Crippen molar-refractivity contribution in [2.45, 2.75) is 25.3 Å². The number of carbonyl (C=O) groups excluding carboxylic acids is 1. The van der Waals surface area contributed by atoms with Gasteiger partial charge in [-0.1, -0.05) is 23.7 Å². The highest BCUT2D eigenvalue weighted by atomic mass is 35.5. The Labute approximate surface area is 134 Å². The summed E-state index contributed by atoms with van der Waals surface area (Å²) in [5.74, 6) is -0.0937. The highest BCUT2D eigenvalue weighted by Gasteiger charge is 2.24. The van der Waals surface area contributed by atoms with Crippen molar-refractivity contribution < 1.29 is 4.79 Å². The average Bonchev–Trinajstić information content (AvgIpc) is 3.34. The lowest BCUT2D eigenvalue weighted by atomic mass is 10.1. The van der Waals surface area contributed by atoms with Gasteiger partial charge in [-0.25, -0.2) is 0 Å². The lowest BCUT2D eigenvalue weighted by Gasteiger charge is -2.08. The molecule has 1 heterocycles. The third kappa shape index (κ3) is 4.21. The molecule has 0 unspecified atom stereocenters. The van der Waals surface area contributed by atoms with E-state index in [1.807, 2.05) is 30.3 Å². The lowest BCUT2D eigenvalue weighted by molar-refractivity contribution is 0.0946. The smallest absolute Gasteiger partial charge is 0.270 e. The predicted molar refractivity (Wildman–Crippen MR) is 88.4 cm³/mol. The molecule has 1 aromatic carbocycles. The van der Waals surface area contributed by atoms with E-state index < -0.39 is 0 Å². The molecule has 2 aromatic rings. The van der Waals surface area contributed by atoms with Gasteiger partial charge < -0.3 is 10.6 Å². The van der Waals surface area contributed by atoms with E-state index in [-0.39, 0.29) is 5.91 Å². The Morgan fingerprint density at radius 1 is 1.23 bits per heavy atom. The Morgan fingerprint density at radius 2 is 2.00 bits per heavy atom. The van der Waals surface area contributed by atoms with Gasteiger partial charge in [0.1, 0.15) is 5.69 Å². The molecule has 2 N–H and O–H groups in total. The molecule has 1 aliphatic carbocycles. The molecule has 114 valence electrons. The summed E-state index contributed by atoms with van der Waals surface area (Å²) in [5, 5.41) is 7.01. The van der Waals surface area contributed by atoms with Gasteiger partial charge >= 0.3 is 0 Å². The lowest BCUT2D eigenvalue weighted by Crippen LogP contribution is -2.26. The Hall–Kier alpha value is -2.07. The maximum Gasteiger partial charge on any atom is 0.270 e. The van der Waals surface area contributed by atoms with Gasteiger partial charge in [0.05, 0.1) is 0 Å². The minimum atomic E-state index is -0.0937. The van der Waals surface area contributed by atoms with Crippen LogP contribution in [0.25, 0.3) is 0 Å². The number of amides is 1.